The minimum absolute atomic E-state index is 0.224. The van der Waals surface area contributed by atoms with Gasteiger partial charge in [0.25, 0.3) is 0 Å². The first-order valence-electron chi connectivity index (χ1n) is 50.9. The number of aromatic nitrogens is 1. The van der Waals surface area contributed by atoms with E-state index in [1.165, 1.54) is 185 Å². The van der Waals surface area contributed by atoms with Crippen molar-refractivity contribution >= 4 is 55.9 Å². The van der Waals surface area contributed by atoms with E-state index in [2.05, 4.69) is 499 Å². The largest absolute Gasteiger partial charge is 0.310 e. The molecule has 0 radical (unpaired) electrons. The highest BCUT2D eigenvalue weighted by molar-refractivity contribution is 6.10. The molecule has 19 aromatic rings. The molecule has 18 aromatic carbocycles. The quantitative estimate of drug-likeness (QED) is 0.101. The lowest BCUT2D eigenvalue weighted by molar-refractivity contribution is 0.0238. The fourth-order valence-corrected chi connectivity index (χ4v) is 29.6. The predicted octanol–water partition coefficient (Wildman–Crippen LogP) is 34.8. The number of hydrogen-bond acceptors (Lipinski definition) is 2. The van der Waals surface area contributed by atoms with Crippen molar-refractivity contribution in [3.63, 3.8) is 0 Å². The molecular formula is C135H115N3. The number of fused-ring (bicyclic) bond motifs is 10. The van der Waals surface area contributed by atoms with Gasteiger partial charge in [0.1, 0.15) is 0 Å². The van der Waals surface area contributed by atoms with Crippen LogP contribution in [-0.2, 0) is 27.1 Å². The van der Waals surface area contributed by atoms with E-state index in [-0.39, 0.29) is 16.2 Å². The molecule has 7 aliphatic rings. The summed E-state index contributed by atoms with van der Waals surface area (Å²) >= 11 is 0. The molecule has 0 atom stereocenters. The maximum atomic E-state index is 2.74. The van der Waals surface area contributed by atoms with E-state index < -0.39 is 10.8 Å². The molecule has 3 nitrogen and oxygen atoms in total. The maximum Gasteiger partial charge on any atom is 0.0707 e. The molecule has 4 saturated carbocycles. The Morgan fingerprint density at radius 3 is 0.978 bits per heavy atom. The van der Waals surface area contributed by atoms with E-state index in [0.29, 0.717) is 47.3 Å². The van der Waals surface area contributed by atoms with Crippen molar-refractivity contribution in [1.29, 1.82) is 0 Å². The number of para-hydroxylation sites is 2. The van der Waals surface area contributed by atoms with Gasteiger partial charge in [0.05, 0.1) is 27.6 Å². The van der Waals surface area contributed by atoms with Gasteiger partial charge in [-0.05, 0) is 324 Å². The van der Waals surface area contributed by atoms with Crippen LogP contribution in [0.4, 0.5) is 34.1 Å². The van der Waals surface area contributed by atoms with Gasteiger partial charge in [-0.25, -0.2) is 0 Å². The smallest absolute Gasteiger partial charge is 0.0707 e. The van der Waals surface area contributed by atoms with E-state index in [4.69, 9.17) is 0 Å². The summed E-state index contributed by atoms with van der Waals surface area (Å²) in [5.74, 6) is 4.37. The van der Waals surface area contributed by atoms with Crippen LogP contribution in [-0.4, -0.2) is 4.57 Å². The van der Waals surface area contributed by atoms with Crippen molar-refractivity contribution in [2.24, 2.45) is 47.3 Å². The lowest BCUT2D eigenvalue weighted by Crippen LogP contribution is -2.56. The first-order chi connectivity index (χ1) is 67.8. The Labute approximate surface area is 813 Å². The molecular weight excluding hydrogens is 1660 g/mol. The molecule has 0 unspecified atom stereocenters. The Kier molecular flexibility index (Phi) is 20.0. The zero-order valence-corrected chi connectivity index (χ0v) is 79.8. The molecule has 2 spiro atoms. The summed E-state index contributed by atoms with van der Waals surface area (Å²) in [7, 11) is 0. The average Bonchev–Trinajstić information content (AvgIpc) is 1.01. The maximum absolute atomic E-state index is 2.74. The zero-order valence-electron chi connectivity index (χ0n) is 79.8. The van der Waals surface area contributed by atoms with Gasteiger partial charge in [-0.2, -0.15) is 0 Å². The lowest BCUT2D eigenvalue weighted by atomic mass is 9.41. The molecule has 1 aromatic heterocycles. The molecule has 26 rings (SSSR count). The third-order valence-corrected chi connectivity index (χ3v) is 34.6. The SMILES string of the molecule is CC1(C)c2ccccc2-c2ccc(N(c3cccc(-c4ccccc4-c4ccc(-n5c6ccccc6c6ccccc65)c(-c5ccc(N(c6ccc(-c7ccccc7)cc6)c6ccc7c(c6)C6(c8ccccc8C7(c7ccccc7)c7ccccc7)[C@H]7C[C@@H](C)C[C@@H]6C[C@@H](C)C7)cc5)c4)c3)c3ccc4c(c3)C3(c5ccccc5C4(c4ccccc4)c4ccccc4)[C@H]4C[C@@H](C)C[C@@H]3C[C@@H](C)C4)cc21. The third-order valence-electron chi connectivity index (χ3n) is 34.6. The molecule has 0 amide bonds. The van der Waals surface area contributed by atoms with E-state index >= 15 is 0 Å². The number of hydrogen-bond donors (Lipinski definition) is 0. The number of anilines is 6. The van der Waals surface area contributed by atoms with Crippen molar-refractivity contribution in [3.05, 3.63) is 521 Å². The lowest BCUT2D eigenvalue weighted by Gasteiger charge is -2.62. The normalized spacial score (nSPS) is 21.8. The van der Waals surface area contributed by atoms with Crippen LogP contribution >= 0.6 is 0 Å². The summed E-state index contributed by atoms with van der Waals surface area (Å²) in [6, 6.07) is 172. The number of benzene rings is 18. The monoisotopic (exact) mass is 1780 g/mol. The number of nitrogens with zero attached hydrogens (tertiary/aromatic N) is 3. The van der Waals surface area contributed by atoms with Crippen LogP contribution in [0.1, 0.15) is 171 Å². The van der Waals surface area contributed by atoms with Gasteiger partial charge >= 0.3 is 0 Å². The third kappa shape index (κ3) is 12.6. The van der Waals surface area contributed by atoms with Crippen LogP contribution < -0.4 is 9.80 Å². The summed E-state index contributed by atoms with van der Waals surface area (Å²) in [5.41, 5.74) is 39.9. The molecule has 7 aliphatic carbocycles. The molecule has 0 saturated heterocycles. The molecule has 3 heteroatoms. The van der Waals surface area contributed by atoms with E-state index in [1.54, 1.807) is 0 Å². The Hall–Kier alpha value is -14.6. The van der Waals surface area contributed by atoms with Crippen LogP contribution in [0.5, 0.6) is 0 Å². The number of rotatable bonds is 15. The standard InChI is InChI=1S/C135H115N3/c1-88-75-101-77-89(2)78-102(76-88)134(101)121-55-30-28-53-119(121)132(97-38-14-8-15-39-97,98-40-16-9-17-41-98)123-72-69-109(86-126(123)134)136(105-64-59-93(60-65-105)92-35-12-7-13-36-92)106-66-61-94(62-67-106)117-84-96(63-74-130(117)138-128-57-32-25-50-115(128)116-51-26-33-58-129(116)138)112-48-23-22-47-111(112)95-37-34-46-107(83-95)137(108-68-71-114-113-49-24-27-52-118(113)131(5,6)125(114)85-108)110-70-73-124-127(87-110)135(103-79-90(3)80-104(135)82-91(4)81-103)122-56-31-29-54-120(122)133(124,99-42-18-10-19-43-99)100-44-20-11-21-45-100/h7-74,83-91,101-104H,75-82H2,1-6H3/t88-,89+,90-,91+,101+,102-,103+,104-,134?,135?. The first-order valence-corrected chi connectivity index (χ1v) is 50.9. The second kappa shape index (κ2) is 32.8. The summed E-state index contributed by atoms with van der Waals surface area (Å²) in [6.07, 6.45) is 9.63. The van der Waals surface area contributed by atoms with Gasteiger partial charge in [-0.1, -0.05) is 387 Å². The van der Waals surface area contributed by atoms with Gasteiger partial charge in [0.15, 0.2) is 0 Å². The molecule has 0 N–H and O–H groups in total. The molecule has 0 aliphatic heterocycles. The van der Waals surface area contributed by atoms with Crippen molar-refractivity contribution in [3.8, 4) is 61.3 Å². The Morgan fingerprint density at radius 2 is 0.522 bits per heavy atom. The van der Waals surface area contributed by atoms with Crippen molar-refractivity contribution in [2.75, 3.05) is 9.80 Å². The van der Waals surface area contributed by atoms with Crippen LogP contribution in [0.25, 0.3) is 83.1 Å². The minimum atomic E-state index is -0.600. The van der Waals surface area contributed by atoms with Crippen molar-refractivity contribution < 1.29 is 0 Å². The van der Waals surface area contributed by atoms with Gasteiger partial charge in [0.2, 0.25) is 0 Å². The molecule has 670 valence electrons. The molecule has 1 heterocycles. The fraction of sp³-hybridized carbons (Fsp3) is 0.200. The van der Waals surface area contributed by atoms with Crippen LogP contribution in [0.15, 0.2) is 443 Å². The van der Waals surface area contributed by atoms with Gasteiger partial charge in [-0.3, -0.25) is 0 Å². The fourth-order valence-electron chi connectivity index (χ4n) is 29.6. The highest BCUT2D eigenvalue weighted by Crippen LogP contribution is 2.71. The Bertz CT molecular complexity index is 7730. The van der Waals surface area contributed by atoms with Crippen LogP contribution in [0.3, 0.4) is 0 Å². The highest BCUT2D eigenvalue weighted by atomic mass is 15.2. The summed E-state index contributed by atoms with van der Waals surface area (Å²) in [5, 5.41) is 2.46. The molecule has 138 heavy (non-hydrogen) atoms. The highest BCUT2D eigenvalue weighted by Gasteiger charge is 2.64. The minimum Gasteiger partial charge on any atom is -0.310 e. The first kappa shape index (κ1) is 83.9. The summed E-state index contributed by atoms with van der Waals surface area (Å²) < 4.78 is 2.53. The van der Waals surface area contributed by atoms with Gasteiger partial charge in [0, 0.05) is 66.7 Å². The Morgan fingerprint density at radius 1 is 0.210 bits per heavy atom. The van der Waals surface area contributed by atoms with Crippen LogP contribution in [0.2, 0.25) is 0 Å². The van der Waals surface area contributed by atoms with E-state index in [1.807, 2.05) is 0 Å². The molecule has 4 bridgehead atoms. The molecule has 4 fully saturated rings. The van der Waals surface area contributed by atoms with E-state index in [0.717, 1.165) is 61.9 Å². The topological polar surface area (TPSA) is 11.4 Å². The Balaban J connectivity index is 0.656. The summed E-state index contributed by atoms with van der Waals surface area (Å²) in [6.45, 7) is 15.1. The van der Waals surface area contributed by atoms with Gasteiger partial charge in [-0.15, -0.1) is 0 Å². The van der Waals surface area contributed by atoms with Gasteiger partial charge < -0.3 is 14.4 Å². The average molecular weight is 1780 g/mol. The zero-order chi connectivity index (χ0) is 92.3. The van der Waals surface area contributed by atoms with Crippen molar-refractivity contribution in [1.82, 2.24) is 4.57 Å². The summed E-state index contributed by atoms with van der Waals surface area (Å²) in [4.78, 5) is 5.22. The predicted molar refractivity (Wildman–Crippen MR) is 575 cm³/mol. The van der Waals surface area contributed by atoms with Crippen LogP contribution in [0, 0.1) is 47.3 Å². The van der Waals surface area contributed by atoms with Crippen molar-refractivity contribution in [2.45, 2.75) is 120 Å². The van der Waals surface area contributed by atoms with E-state index in [9.17, 15) is 0 Å². The second-order valence-corrected chi connectivity index (χ2v) is 42.6. The second-order valence-electron chi connectivity index (χ2n) is 42.6.